The first kappa shape index (κ1) is 23.2. The molecule has 7 nitrogen and oxygen atoms in total. The van der Waals surface area contributed by atoms with Gasteiger partial charge in [-0.3, -0.25) is 9.69 Å². The third kappa shape index (κ3) is 4.55. The van der Waals surface area contributed by atoms with Crippen LogP contribution < -0.4 is 9.47 Å². The smallest absolute Gasteiger partial charge is 0.411 e. The van der Waals surface area contributed by atoms with Crippen LogP contribution in [0.4, 0.5) is 4.79 Å². The Bertz CT molecular complexity index is 1190. The van der Waals surface area contributed by atoms with E-state index in [9.17, 15) is 14.7 Å². The van der Waals surface area contributed by atoms with Crippen LogP contribution in [-0.4, -0.2) is 42.3 Å². The van der Waals surface area contributed by atoms with Crippen molar-refractivity contribution in [2.45, 2.75) is 32.0 Å². The zero-order valence-corrected chi connectivity index (χ0v) is 19.4. The highest BCUT2D eigenvalue weighted by Gasteiger charge is 2.39. The number of carbonyl (C=O) groups excluding carboxylic acids is 1. The lowest BCUT2D eigenvalue weighted by molar-refractivity contribution is -0.136. The molecule has 0 saturated carbocycles. The number of hydrogen-bond donors (Lipinski definition) is 1. The second kappa shape index (κ2) is 9.87. The Labute approximate surface area is 198 Å². The molecule has 0 bridgehead atoms. The number of methoxy groups -OCH3 is 2. The Morgan fingerprint density at radius 3 is 2.29 bits per heavy atom. The fourth-order valence-corrected chi connectivity index (χ4v) is 4.38. The number of ether oxygens (including phenoxy) is 3. The Morgan fingerprint density at radius 2 is 1.62 bits per heavy atom. The van der Waals surface area contributed by atoms with Gasteiger partial charge in [0.25, 0.3) is 0 Å². The third-order valence-corrected chi connectivity index (χ3v) is 6.11. The molecule has 176 valence electrons. The summed E-state index contributed by atoms with van der Waals surface area (Å²) in [4.78, 5) is 25.9. The fraction of sp³-hybridized carbons (Fsp3) is 0.259. The van der Waals surface area contributed by atoms with E-state index in [-0.39, 0.29) is 24.7 Å². The predicted octanol–water partition coefficient (Wildman–Crippen LogP) is 5.08. The van der Waals surface area contributed by atoms with Crippen molar-refractivity contribution in [1.29, 1.82) is 0 Å². The normalized spacial score (nSPS) is 17.4. The standard InChI is InChI=1S/C27H27NO6/c1-17-26(18-9-5-4-6-10-18)34-27(31)28(17)16-19-11-7-8-12-21(19)22-13-20(14-25(29)30)23(32-2)15-24(22)33-3/h4-13,15,17,26H,14,16H2,1-3H3,(H,29,30)/t17-,26-/m0/s1. The number of carboxylic acid groups (broad SMARTS) is 1. The molecular weight excluding hydrogens is 434 g/mol. The first-order chi connectivity index (χ1) is 16.4. The molecule has 1 aliphatic rings. The number of cyclic esters (lactones) is 1. The lowest BCUT2D eigenvalue weighted by Gasteiger charge is -2.23. The van der Waals surface area contributed by atoms with Crippen LogP contribution in [0.3, 0.4) is 0 Å². The van der Waals surface area contributed by atoms with Gasteiger partial charge in [0.1, 0.15) is 17.6 Å². The van der Waals surface area contributed by atoms with E-state index in [2.05, 4.69) is 0 Å². The second-order valence-corrected chi connectivity index (χ2v) is 8.18. The summed E-state index contributed by atoms with van der Waals surface area (Å²) in [6.45, 7) is 2.31. The van der Waals surface area contributed by atoms with E-state index in [0.717, 1.165) is 22.3 Å². The SMILES string of the molecule is COc1cc(OC)c(-c2ccccc2CN2C(=O)O[C@H](c3ccccc3)[C@@H]2C)cc1CC(=O)O. The number of carboxylic acids is 1. The van der Waals surface area contributed by atoms with Gasteiger partial charge in [0, 0.05) is 17.2 Å². The number of carbonyl (C=O) groups is 2. The second-order valence-electron chi connectivity index (χ2n) is 8.18. The predicted molar refractivity (Wildman–Crippen MR) is 127 cm³/mol. The minimum atomic E-state index is -0.955. The van der Waals surface area contributed by atoms with Crippen molar-refractivity contribution in [1.82, 2.24) is 4.90 Å². The maximum atomic E-state index is 12.8. The lowest BCUT2D eigenvalue weighted by atomic mass is 9.95. The molecule has 0 aliphatic carbocycles. The van der Waals surface area contributed by atoms with Gasteiger partial charge in [-0.25, -0.2) is 4.79 Å². The Balaban J connectivity index is 1.70. The lowest BCUT2D eigenvalue weighted by Crippen LogP contribution is -2.31. The highest BCUT2D eigenvalue weighted by atomic mass is 16.6. The van der Waals surface area contributed by atoms with Crippen molar-refractivity contribution >= 4 is 12.1 Å². The summed E-state index contributed by atoms with van der Waals surface area (Å²) in [6.07, 6.45) is -0.903. The van der Waals surface area contributed by atoms with Crippen LogP contribution in [0.25, 0.3) is 11.1 Å². The molecule has 1 amide bonds. The van der Waals surface area contributed by atoms with Crippen molar-refractivity contribution in [3.05, 3.63) is 83.4 Å². The molecule has 1 fully saturated rings. The molecule has 2 atom stereocenters. The van der Waals surface area contributed by atoms with Gasteiger partial charge in [-0.2, -0.15) is 0 Å². The summed E-state index contributed by atoms with van der Waals surface area (Å²) in [5.74, 6) is 0.0452. The molecular formula is C27H27NO6. The van der Waals surface area contributed by atoms with Crippen molar-refractivity contribution < 1.29 is 28.9 Å². The number of rotatable bonds is 8. The van der Waals surface area contributed by atoms with Crippen LogP contribution in [0.5, 0.6) is 11.5 Å². The molecule has 4 rings (SSSR count). The van der Waals surface area contributed by atoms with E-state index in [1.165, 1.54) is 7.11 Å². The van der Waals surface area contributed by atoms with Crippen LogP contribution in [0, 0.1) is 0 Å². The maximum absolute atomic E-state index is 12.8. The van der Waals surface area contributed by atoms with Crippen LogP contribution in [0.1, 0.15) is 29.7 Å². The molecule has 34 heavy (non-hydrogen) atoms. The van der Waals surface area contributed by atoms with Gasteiger partial charge in [0.2, 0.25) is 0 Å². The van der Waals surface area contributed by atoms with E-state index >= 15 is 0 Å². The van der Waals surface area contributed by atoms with Crippen molar-refractivity contribution in [3.63, 3.8) is 0 Å². The monoisotopic (exact) mass is 461 g/mol. The molecule has 3 aromatic carbocycles. The topological polar surface area (TPSA) is 85.3 Å². The number of benzene rings is 3. The molecule has 0 unspecified atom stereocenters. The maximum Gasteiger partial charge on any atom is 0.411 e. The average molecular weight is 462 g/mol. The van der Waals surface area contributed by atoms with Crippen molar-refractivity contribution in [3.8, 4) is 22.6 Å². The van der Waals surface area contributed by atoms with Gasteiger partial charge < -0.3 is 19.3 Å². The summed E-state index contributed by atoms with van der Waals surface area (Å²) < 4.78 is 16.7. The van der Waals surface area contributed by atoms with E-state index in [1.54, 1.807) is 24.1 Å². The zero-order chi connectivity index (χ0) is 24.2. The molecule has 0 radical (unpaired) electrons. The number of hydrogen-bond acceptors (Lipinski definition) is 5. The largest absolute Gasteiger partial charge is 0.496 e. The number of aliphatic carboxylic acids is 1. The average Bonchev–Trinajstić information content (AvgIpc) is 3.12. The van der Waals surface area contributed by atoms with Crippen molar-refractivity contribution in [2.75, 3.05) is 14.2 Å². The van der Waals surface area contributed by atoms with Crippen LogP contribution in [0.15, 0.2) is 66.7 Å². The van der Waals surface area contributed by atoms with E-state index in [0.29, 0.717) is 23.6 Å². The first-order valence-electron chi connectivity index (χ1n) is 11.0. The minimum Gasteiger partial charge on any atom is -0.496 e. The van der Waals surface area contributed by atoms with Crippen LogP contribution in [0.2, 0.25) is 0 Å². The molecule has 0 spiro atoms. The third-order valence-electron chi connectivity index (χ3n) is 6.11. The zero-order valence-electron chi connectivity index (χ0n) is 19.4. The summed E-state index contributed by atoms with van der Waals surface area (Å²) in [7, 11) is 3.05. The fourth-order valence-electron chi connectivity index (χ4n) is 4.38. The first-order valence-corrected chi connectivity index (χ1v) is 11.0. The Morgan fingerprint density at radius 1 is 0.941 bits per heavy atom. The van der Waals surface area contributed by atoms with Gasteiger partial charge in [0.15, 0.2) is 0 Å². The van der Waals surface area contributed by atoms with Gasteiger partial charge >= 0.3 is 12.1 Å². The highest BCUT2D eigenvalue weighted by molar-refractivity contribution is 5.79. The van der Waals surface area contributed by atoms with Crippen LogP contribution >= 0.6 is 0 Å². The van der Waals surface area contributed by atoms with Gasteiger partial charge in [-0.15, -0.1) is 0 Å². The molecule has 7 heteroatoms. The van der Waals surface area contributed by atoms with Crippen molar-refractivity contribution in [2.24, 2.45) is 0 Å². The summed E-state index contributed by atoms with van der Waals surface area (Å²) >= 11 is 0. The van der Waals surface area contributed by atoms with Crippen LogP contribution in [-0.2, 0) is 22.5 Å². The van der Waals surface area contributed by atoms with E-state index in [1.807, 2.05) is 61.5 Å². The van der Waals surface area contributed by atoms with E-state index < -0.39 is 5.97 Å². The van der Waals surface area contributed by atoms with Gasteiger partial charge in [-0.05, 0) is 29.7 Å². The summed E-state index contributed by atoms with van der Waals surface area (Å²) in [5, 5.41) is 9.35. The molecule has 0 aromatic heterocycles. The minimum absolute atomic E-state index is 0.164. The number of amides is 1. The molecule has 1 saturated heterocycles. The quantitative estimate of drug-likeness (QED) is 0.504. The van der Waals surface area contributed by atoms with Gasteiger partial charge in [0.05, 0.1) is 33.2 Å². The molecule has 3 aromatic rings. The Kier molecular flexibility index (Phi) is 6.72. The highest BCUT2D eigenvalue weighted by Crippen LogP contribution is 2.40. The molecule has 1 N–H and O–H groups in total. The number of nitrogens with zero attached hydrogens (tertiary/aromatic N) is 1. The Hall–Kier alpha value is -4.00. The summed E-state index contributed by atoms with van der Waals surface area (Å²) in [5.41, 5.74) is 3.96. The summed E-state index contributed by atoms with van der Waals surface area (Å²) in [6, 6.07) is 20.7. The van der Waals surface area contributed by atoms with Gasteiger partial charge in [-0.1, -0.05) is 54.6 Å². The molecule has 1 aliphatic heterocycles. The molecule has 1 heterocycles. The van der Waals surface area contributed by atoms with E-state index in [4.69, 9.17) is 14.2 Å².